The molecule has 0 saturated carbocycles. The second kappa shape index (κ2) is 55.6. The molecule has 0 radical (unpaired) electrons. The Kier molecular flexibility index (Phi) is 54.3. The molecule has 0 aliphatic carbocycles. The summed E-state index contributed by atoms with van der Waals surface area (Å²) in [6.07, 6.45) is 38.0. The van der Waals surface area contributed by atoms with Crippen molar-refractivity contribution in [3.8, 4) is 0 Å². The molecule has 0 aromatic heterocycles. The summed E-state index contributed by atoms with van der Waals surface area (Å²) in [5.74, 6) is -0.685. The minimum atomic E-state index is -4.94. The smallest absolute Gasteiger partial charge is 0.462 e. The second-order valence-corrected chi connectivity index (χ2v) is 26.7. The van der Waals surface area contributed by atoms with E-state index in [0.717, 1.165) is 102 Å². The molecule has 19 heteroatoms. The molecule has 3 N–H and O–H groups in total. The van der Waals surface area contributed by atoms with Gasteiger partial charge in [-0.1, -0.05) is 260 Å². The highest BCUT2D eigenvalue weighted by atomic mass is 31.2. The average molecular weight is 1210 g/mol. The van der Waals surface area contributed by atoms with Crippen LogP contribution < -0.4 is 0 Å². The van der Waals surface area contributed by atoms with Crippen LogP contribution >= 0.6 is 15.6 Å². The minimum Gasteiger partial charge on any atom is -0.462 e. The van der Waals surface area contributed by atoms with Crippen LogP contribution in [0.3, 0.4) is 0 Å². The molecule has 0 heterocycles. The van der Waals surface area contributed by atoms with Crippen LogP contribution in [-0.2, 0) is 65.4 Å². The SMILES string of the molecule is CCCCCCCCCCCCCCCC(=O)OC[C@H](COP(=O)(O)OC[C@@H](O)COP(=O)(O)OC[C@@H](COC(=O)CCCCCCC)OC(=O)CCCCCCCCCC(C)C)OC(=O)CCCCCCCCCCCCCC(C)C. The third-order valence-corrected chi connectivity index (χ3v) is 16.4. The summed E-state index contributed by atoms with van der Waals surface area (Å²) in [7, 11) is -9.88. The topological polar surface area (TPSA) is 237 Å². The van der Waals surface area contributed by atoms with E-state index in [1.165, 1.54) is 122 Å². The molecule has 0 rings (SSSR count). The van der Waals surface area contributed by atoms with Crippen LogP contribution in [0.15, 0.2) is 0 Å². The molecule has 2 unspecified atom stereocenters. The van der Waals surface area contributed by atoms with E-state index in [2.05, 4.69) is 41.5 Å². The molecule has 82 heavy (non-hydrogen) atoms. The van der Waals surface area contributed by atoms with Gasteiger partial charge in [0.15, 0.2) is 12.2 Å². The van der Waals surface area contributed by atoms with E-state index in [0.29, 0.717) is 31.6 Å². The zero-order valence-corrected chi connectivity index (χ0v) is 54.6. The van der Waals surface area contributed by atoms with Gasteiger partial charge < -0.3 is 33.8 Å². The van der Waals surface area contributed by atoms with Crippen molar-refractivity contribution in [1.82, 2.24) is 0 Å². The maximum absolute atomic E-state index is 13.0. The quantitative estimate of drug-likeness (QED) is 0.0222. The summed E-state index contributed by atoms with van der Waals surface area (Å²) in [4.78, 5) is 71.9. The van der Waals surface area contributed by atoms with Gasteiger partial charge in [0.1, 0.15) is 19.3 Å². The Hall–Kier alpha value is -1.94. The number of rotatable bonds is 62. The zero-order valence-electron chi connectivity index (χ0n) is 52.8. The van der Waals surface area contributed by atoms with Gasteiger partial charge in [-0.2, -0.15) is 0 Å². The first-order chi connectivity index (χ1) is 39.4. The summed E-state index contributed by atoms with van der Waals surface area (Å²) in [6, 6.07) is 0. The van der Waals surface area contributed by atoms with Crippen molar-refractivity contribution >= 4 is 39.5 Å². The van der Waals surface area contributed by atoms with Crippen LogP contribution in [0, 0.1) is 11.8 Å². The Bertz CT molecular complexity index is 1620. The molecule has 0 bridgehead atoms. The number of hydrogen-bond donors (Lipinski definition) is 3. The van der Waals surface area contributed by atoms with Gasteiger partial charge in [-0.25, -0.2) is 9.13 Å². The minimum absolute atomic E-state index is 0.102. The molecular formula is C63H122O17P2. The highest BCUT2D eigenvalue weighted by molar-refractivity contribution is 7.47. The zero-order chi connectivity index (χ0) is 60.8. The van der Waals surface area contributed by atoms with Crippen LogP contribution in [0.2, 0.25) is 0 Å². The third kappa shape index (κ3) is 57.2. The van der Waals surface area contributed by atoms with E-state index < -0.39 is 97.5 Å². The molecule has 5 atom stereocenters. The fraction of sp³-hybridized carbons (Fsp3) is 0.937. The van der Waals surface area contributed by atoms with Gasteiger partial charge in [0.2, 0.25) is 0 Å². The van der Waals surface area contributed by atoms with Gasteiger partial charge in [0, 0.05) is 25.7 Å². The maximum Gasteiger partial charge on any atom is 0.472 e. The number of aliphatic hydroxyl groups excluding tert-OH is 1. The first kappa shape index (κ1) is 80.1. The number of unbranched alkanes of at least 4 members (excludes halogenated alkanes) is 32. The second-order valence-electron chi connectivity index (χ2n) is 23.7. The maximum atomic E-state index is 13.0. The van der Waals surface area contributed by atoms with E-state index in [9.17, 15) is 43.2 Å². The number of aliphatic hydroxyl groups is 1. The first-order valence-corrected chi connectivity index (χ1v) is 36.0. The summed E-state index contributed by atoms with van der Waals surface area (Å²) in [6.45, 7) is 9.34. The fourth-order valence-corrected chi connectivity index (χ4v) is 10.9. The molecule has 0 aliphatic rings. The van der Waals surface area contributed by atoms with Gasteiger partial charge in [0.05, 0.1) is 26.4 Å². The highest BCUT2D eigenvalue weighted by Gasteiger charge is 2.30. The number of carbonyl (C=O) groups excluding carboxylic acids is 4. The van der Waals surface area contributed by atoms with E-state index in [1.54, 1.807) is 0 Å². The molecule has 0 aromatic carbocycles. The number of ether oxygens (including phenoxy) is 4. The van der Waals surface area contributed by atoms with Crippen molar-refractivity contribution < 1.29 is 80.2 Å². The Morgan fingerprint density at radius 3 is 0.829 bits per heavy atom. The van der Waals surface area contributed by atoms with Crippen molar-refractivity contribution in [2.45, 2.75) is 330 Å². The first-order valence-electron chi connectivity index (χ1n) is 33.0. The lowest BCUT2D eigenvalue weighted by Crippen LogP contribution is -2.30. The molecule has 486 valence electrons. The van der Waals surface area contributed by atoms with Crippen molar-refractivity contribution in [2.24, 2.45) is 11.8 Å². The van der Waals surface area contributed by atoms with Crippen LogP contribution in [0.4, 0.5) is 0 Å². The van der Waals surface area contributed by atoms with Crippen molar-refractivity contribution in [2.75, 3.05) is 39.6 Å². The average Bonchev–Trinajstić information content (AvgIpc) is 3.45. The summed E-state index contributed by atoms with van der Waals surface area (Å²) < 4.78 is 67.8. The van der Waals surface area contributed by atoms with E-state index in [4.69, 9.17) is 37.0 Å². The number of esters is 4. The van der Waals surface area contributed by atoms with Crippen molar-refractivity contribution in [3.63, 3.8) is 0 Å². The van der Waals surface area contributed by atoms with Gasteiger partial charge in [0.25, 0.3) is 0 Å². The molecular weight excluding hydrogens is 1090 g/mol. The summed E-state index contributed by atoms with van der Waals surface area (Å²) in [5, 5.41) is 10.5. The standard InChI is InChI=1S/C63H122O17P2/c1-7-9-11-13-14-15-16-17-20-23-28-34-40-46-61(66)74-52-59(80-62(67)47-41-35-29-24-21-18-19-22-26-32-37-43-55(3)4)54-78-82(71,72)76-50-57(64)49-75-81(69,70)77-53-58(51-73-60(65)45-39-31-12-10-8-2)79-63(68)48-42-36-30-25-27-33-38-44-56(5)6/h55-59,64H,7-54H2,1-6H3,(H,69,70)(H,71,72)/t57-,58+,59+/m0/s1. The Morgan fingerprint density at radius 2 is 0.561 bits per heavy atom. The fourth-order valence-electron chi connectivity index (χ4n) is 9.35. The molecule has 0 spiro atoms. The highest BCUT2D eigenvalue weighted by Crippen LogP contribution is 2.45. The molecule has 0 aliphatic heterocycles. The predicted octanol–water partition coefficient (Wildman–Crippen LogP) is 17.3. The van der Waals surface area contributed by atoms with Crippen LogP contribution in [-0.4, -0.2) is 96.7 Å². The lowest BCUT2D eigenvalue weighted by Gasteiger charge is -2.21. The Balaban J connectivity index is 5.18. The Labute approximate surface area is 498 Å². The van der Waals surface area contributed by atoms with Crippen LogP contribution in [0.5, 0.6) is 0 Å². The lowest BCUT2D eigenvalue weighted by atomic mass is 10.0. The van der Waals surface area contributed by atoms with E-state index in [1.807, 2.05) is 0 Å². The van der Waals surface area contributed by atoms with Gasteiger partial charge in [-0.3, -0.25) is 37.3 Å². The van der Waals surface area contributed by atoms with Crippen molar-refractivity contribution in [3.05, 3.63) is 0 Å². The monoisotopic (exact) mass is 1210 g/mol. The van der Waals surface area contributed by atoms with Crippen LogP contribution in [0.25, 0.3) is 0 Å². The molecule has 0 fully saturated rings. The third-order valence-electron chi connectivity index (χ3n) is 14.5. The van der Waals surface area contributed by atoms with Gasteiger partial charge >= 0.3 is 39.5 Å². The predicted molar refractivity (Wildman–Crippen MR) is 326 cm³/mol. The number of carbonyl (C=O) groups is 4. The van der Waals surface area contributed by atoms with Gasteiger partial charge in [-0.05, 0) is 37.5 Å². The van der Waals surface area contributed by atoms with Crippen LogP contribution in [0.1, 0.15) is 311 Å². The summed E-state index contributed by atoms with van der Waals surface area (Å²) >= 11 is 0. The number of phosphoric ester groups is 2. The normalized spacial score (nSPS) is 14.3. The Morgan fingerprint density at radius 1 is 0.329 bits per heavy atom. The largest absolute Gasteiger partial charge is 0.472 e. The molecule has 0 aromatic rings. The van der Waals surface area contributed by atoms with Crippen molar-refractivity contribution in [1.29, 1.82) is 0 Å². The van der Waals surface area contributed by atoms with E-state index >= 15 is 0 Å². The summed E-state index contributed by atoms with van der Waals surface area (Å²) in [5.41, 5.74) is 0. The molecule has 0 amide bonds. The molecule has 0 saturated heterocycles. The molecule has 17 nitrogen and oxygen atoms in total. The van der Waals surface area contributed by atoms with E-state index in [-0.39, 0.29) is 25.7 Å². The number of hydrogen-bond acceptors (Lipinski definition) is 15. The van der Waals surface area contributed by atoms with Gasteiger partial charge in [-0.15, -0.1) is 0 Å². The number of phosphoric acid groups is 2. The lowest BCUT2D eigenvalue weighted by molar-refractivity contribution is -0.161.